The minimum absolute atomic E-state index is 0.0000104. The van der Waals surface area contributed by atoms with E-state index < -0.39 is 28.7 Å². The van der Waals surface area contributed by atoms with Gasteiger partial charge in [0, 0.05) is 23.9 Å². The van der Waals surface area contributed by atoms with Gasteiger partial charge in [-0.1, -0.05) is 50.6 Å². The van der Waals surface area contributed by atoms with E-state index in [9.17, 15) is 19.7 Å². The quantitative estimate of drug-likeness (QED) is 0.176. The molecule has 0 bridgehead atoms. The van der Waals surface area contributed by atoms with E-state index in [1.165, 1.54) is 32.9 Å². The molecule has 1 fully saturated rings. The van der Waals surface area contributed by atoms with Gasteiger partial charge in [-0.2, -0.15) is 0 Å². The van der Waals surface area contributed by atoms with Gasteiger partial charge >= 0.3 is 17.6 Å². The van der Waals surface area contributed by atoms with E-state index in [0.29, 0.717) is 17.0 Å². The number of carbonyl (C=O) groups excluding carboxylic acids is 2. The number of hydrogen-bond acceptors (Lipinski definition) is 8. The van der Waals surface area contributed by atoms with Crippen LogP contribution in [-0.4, -0.2) is 41.3 Å². The predicted octanol–water partition coefficient (Wildman–Crippen LogP) is 6.61. The molecule has 3 rings (SSSR count). The lowest BCUT2D eigenvalue weighted by Crippen LogP contribution is -2.46. The first-order valence-electron chi connectivity index (χ1n) is 13.5. The molecule has 0 radical (unpaired) electrons. The van der Waals surface area contributed by atoms with Gasteiger partial charge in [-0.3, -0.25) is 14.9 Å². The summed E-state index contributed by atoms with van der Waals surface area (Å²) in [4.78, 5) is 35.5. The van der Waals surface area contributed by atoms with Crippen LogP contribution >= 0.6 is 11.6 Å². The van der Waals surface area contributed by atoms with E-state index in [0.717, 1.165) is 17.5 Å². The van der Waals surface area contributed by atoms with Crippen LogP contribution in [0.2, 0.25) is 5.02 Å². The van der Waals surface area contributed by atoms with Crippen molar-refractivity contribution in [1.82, 2.24) is 0 Å². The van der Waals surface area contributed by atoms with Gasteiger partial charge < -0.3 is 18.9 Å². The molecule has 0 N–H and O–H groups in total. The number of carbonyl (C=O) groups is 2. The van der Waals surface area contributed by atoms with Crippen molar-refractivity contribution in [2.75, 3.05) is 6.61 Å². The zero-order chi connectivity index (χ0) is 29.8. The number of benzene rings is 2. The minimum atomic E-state index is -1.41. The lowest BCUT2D eigenvalue weighted by molar-refractivity contribution is -0.386. The summed E-state index contributed by atoms with van der Waals surface area (Å²) < 4.78 is 22.9. The third-order valence-electron chi connectivity index (χ3n) is 7.40. The third-order valence-corrected chi connectivity index (χ3v) is 7.77. The Kier molecular flexibility index (Phi) is 10.2. The van der Waals surface area contributed by atoms with Crippen LogP contribution in [0.5, 0.6) is 5.75 Å². The molecule has 2 aromatic carbocycles. The molecule has 0 aromatic heterocycles. The second-order valence-electron chi connectivity index (χ2n) is 10.7. The Labute approximate surface area is 240 Å². The molecular formula is C30H38ClNO8. The molecule has 5 atom stereocenters. The van der Waals surface area contributed by atoms with Gasteiger partial charge in [0.25, 0.3) is 0 Å². The first kappa shape index (κ1) is 31.4. The summed E-state index contributed by atoms with van der Waals surface area (Å²) in [5.41, 5.74) is 0.485. The molecule has 218 valence electrons. The Morgan fingerprint density at radius 1 is 1.10 bits per heavy atom. The molecule has 0 saturated carbocycles. The third kappa shape index (κ3) is 7.12. The molecule has 10 heteroatoms. The number of nitro benzene ring substituents is 1. The second-order valence-corrected chi connectivity index (χ2v) is 11.1. The summed E-state index contributed by atoms with van der Waals surface area (Å²) in [6.07, 6.45) is 0.166. The number of nitro groups is 1. The van der Waals surface area contributed by atoms with E-state index in [2.05, 4.69) is 20.8 Å². The molecule has 2 aromatic rings. The van der Waals surface area contributed by atoms with Crippen LogP contribution in [0.1, 0.15) is 77.7 Å². The van der Waals surface area contributed by atoms with E-state index in [-0.39, 0.29) is 42.0 Å². The first-order valence-corrected chi connectivity index (χ1v) is 13.9. The fraction of sp³-hybridized carbons (Fsp3) is 0.533. The molecule has 40 heavy (non-hydrogen) atoms. The van der Waals surface area contributed by atoms with Crippen LogP contribution in [-0.2, 0) is 30.2 Å². The number of hydrogen-bond donors (Lipinski definition) is 0. The van der Waals surface area contributed by atoms with Gasteiger partial charge in [0.1, 0.15) is 12.2 Å². The van der Waals surface area contributed by atoms with E-state index in [1.807, 2.05) is 12.1 Å². The van der Waals surface area contributed by atoms with Gasteiger partial charge in [-0.25, -0.2) is 4.79 Å². The van der Waals surface area contributed by atoms with Crippen molar-refractivity contribution in [1.29, 1.82) is 0 Å². The lowest BCUT2D eigenvalue weighted by Gasteiger charge is -2.44. The topological polar surface area (TPSA) is 114 Å². The van der Waals surface area contributed by atoms with Gasteiger partial charge in [-0.05, 0) is 68.4 Å². The van der Waals surface area contributed by atoms with Crippen LogP contribution in [0.4, 0.5) is 5.69 Å². The number of halogens is 1. The predicted molar refractivity (Wildman–Crippen MR) is 150 cm³/mol. The second kappa shape index (κ2) is 13.0. The van der Waals surface area contributed by atoms with Crippen LogP contribution in [0.3, 0.4) is 0 Å². The van der Waals surface area contributed by atoms with Crippen LogP contribution in [0.15, 0.2) is 36.4 Å². The monoisotopic (exact) mass is 575 g/mol. The summed E-state index contributed by atoms with van der Waals surface area (Å²) in [5.74, 6) is -0.765. The average molecular weight is 576 g/mol. The Morgan fingerprint density at radius 3 is 2.40 bits per heavy atom. The highest BCUT2D eigenvalue weighted by molar-refractivity contribution is 6.31. The Bertz CT molecular complexity index is 1250. The van der Waals surface area contributed by atoms with Crippen molar-refractivity contribution in [2.45, 2.75) is 85.2 Å². The fourth-order valence-electron chi connectivity index (χ4n) is 5.05. The fourth-order valence-corrected chi connectivity index (χ4v) is 5.23. The van der Waals surface area contributed by atoms with Crippen LogP contribution in [0.25, 0.3) is 0 Å². The smallest absolute Gasteiger partial charge is 0.349 e. The van der Waals surface area contributed by atoms with Crippen molar-refractivity contribution >= 4 is 29.2 Å². The summed E-state index contributed by atoms with van der Waals surface area (Å²) in [7, 11) is 0. The summed E-state index contributed by atoms with van der Waals surface area (Å²) >= 11 is 6.56. The van der Waals surface area contributed by atoms with Crippen LogP contribution < -0.4 is 4.74 Å². The molecular weight excluding hydrogens is 538 g/mol. The molecule has 9 nitrogen and oxygen atoms in total. The molecule has 0 spiro atoms. The van der Waals surface area contributed by atoms with E-state index in [1.54, 1.807) is 19.1 Å². The highest BCUT2D eigenvalue weighted by atomic mass is 35.5. The van der Waals surface area contributed by atoms with Crippen molar-refractivity contribution in [3.05, 3.63) is 68.2 Å². The molecule has 1 aliphatic rings. The number of esters is 2. The Morgan fingerprint density at radius 2 is 1.80 bits per heavy atom. The molecule has 0 aliphatic carbocycles. The maximum atomic E-state index is 12.2. The number of ether oxygens (including phenoxy) is 4. The lowest BCUT2D eigenvalue weighted by atomic mass is 9.78. The normalized spacial score (nSPS) is 22.9. The van der Waals surface area contributed by atoms with E-state index in [4.69, 9.17) is 30.5 Å². The summed E-state index contributed by atoms with van der Waals surface area (Å²) in [6, 6.07) is 10.1. The average Bonchev–Trinajstić information content (AvgIpc) is 2.89. The SMILES string of the molecule is CCOC(=O)C(C)(C)Oc1ccc(Cc2cc([C@@H]3O[C@H](CC)[C@@H](C)C(C)C3OC(C)=O)ccc2Cl)cc1[N+](=O)[O-]. The highest BCUT2D eigenvalue weighted by Crippen LogP contribution is 2.42. The van der Waals surface area contributed by atoms with Crippen molar-refractivity contribution < 1.29 is 33.5 Å². The van der Waals surface area contributed by atoms with Crippen molar-refractivity contribution in [3.8, 4) is 5.75 Å². The maximum Gasteiger partial charge on any atom is 0.349 e. The highest BCUT2D eigenvalue weighted by Gasteiger charge is 2.43. The largest absolute Gasteiger partial charge is 0.469 e. The van der Waals surface area contributed by atoms with Gasteiger partial charge in [0.15, 0.2) is 5.75 Å². The Balaban J connectivity index is 1.93. The maximum absolute atomic E-state index is 12.2. The summed E-state index contributed by atoms with van der Waals surface area (Å²) in [6.45, 7) is 12.5. The van der Waals surface area contributed by atoms with Gasteiger partial charge in [-0.15, -0.1) is 0 Å². The molecule has 2 unspecified atom stereocenters. The number of rotatable bonds is 10. The van der Waals surface area contributed by atoms with Crippen molar-refractivity contribution in [3.63, 3.8) is 0 Å². The minimum Gasteiger partial charge on any atom is -0.469 e. The molecule has 0 amide bonds. The standard InChI is InChI=1S/C30H38ClNO8/c1-8-25-17(3)18(4)27(38-19(5)33)28(39-25)21-11-12-23(31)22(16-21)14-20-10-13-26(24(15-20)32(35)36)40-30(6,7)29(34)37-9-2/h10-13,15-18,25,27-28H,8-9,14H2,1-7H3/t17-,18?,25+,27?,28-/m0/s1. The van der Waals surface area contributed by atoms with Gasteiger partial charge in [0.05, 0.1) is 17.6 Å². The molecule has 1 aliphatic heterocycles. The van der Waals surface area contributed by atoms with Crippen LogP contribution in [0, 0.1) is 22.0 Å². The zero-order valence-corrected chi connectivity index (χ0v) is 24.8. The first-order chi connectivity index (χ1) is 18.8. The summed E-state index contributed by atoms with van der Waals surface area (Å²) in [5, 5.41) is 12.4. The number of nitrogens with zero attached hydrogens (tertiary/aromatic N) is 1. The van der Waals surface area contributed by atoms with Crippen molar-refractivity contribution in [2.24, 2.45) is 11.8 Å². The van der Waals surface area contributed by atoms with Gasteiger partial charge in [0.2, 0.25) is 5.60 Å². The molecule has 1 heterocycles. The molecule has 1 saturated heterocycles. The Hall–Kier alpha value is -3.17. The van der Waals surface area contributed by atoms with E-state index >= 15 is 0 Å². The zero-order valence-electron chi connectivity index (χ0n) is 24.1.